The van der Waals surface area contributed by atoms with Gasteiger partial charge in [-0.2, -0.15) is 0 Å². The monoisotopic (exact) mass is 297 g/mol. The third-order valence-corrected chi connectivity index (χ3v) is 5.03. The van der Waals surface area contributed by atoms with Crippen LogP contribution in [0.5, 0.6) is 11.5 Å². The first kappa shape index (κ1) is 12.7. The lowest BCUT2D eigenvalue weighted by Gasteiger charge is -2.17. The summed E-state index contributed by atoms with van der Waals surface area (Å²) in [5, 5.41) is 1.25. The Morgan fingerprint density at radius 1 is 1.00 bits per heavy atom. The summed E-state index contributed by atoms with van der Waals surface area (Å²) in [5.74, 6) is 2.76. The van der Waals surface area contributed by atoms with E-state index in [2.05, 4.69) is 29.2 Å². The second-order valence-corrected chi connectivity index (χ2v) is 6.06. The lowest BCUT2D eigenvalue weighted by Crippen LogP contribution is -1.95. The highest BCUT2D eigenvalue weighted by Gasteiger charge is 2.21. The number of hydrogen-bond donors (Lipinski definition) is 1. The first-order valence-electron chi connectivity index (χ1n) is 6.80. The Morgan fingerprint density at radius 2 is 1.76 bits per heavy atom. The summed E-state index contributed by atoms with van der Waals surface area (Å²) in [5.41, 5.74) is 4.98. The van der Waals surface area contributed by atoms with E-state index in [9.17, 15) is 0 Å². The molecule has 2 aromatic carbocycles. The number of thioether (sulfide) groups is 1. The van der Waals surface area contributed by atoms with Gasteiger partial charge in [-0.15, -0.1) is 11.8 Å². The fourth-order valence-corrected chi connectivity index (χ4v) is 3.96. The summed E-state index contributed by atoms with van der Waals surface area (Å²) in [6, 6.07) is 12.4. The molecule has 0 spiro atoms. The highest BCUT2D eigenvalue weighted by molar-refractivity contribution is 7.98. The van der Waals surface area contributed by atoms with Gasteiger partial charge < -0.3 is 14.5 Å². The Balaban J connectivity index is 1.94. The molecule has 0 fully saturated rings. The maximum atomic E-state index is 5.35. The number of aromatic amines is 1. The van der Waals surface area contributed by atoms with Crippen LogP contribution in [0.25, 0.3) is 22.2 Å². The van der Waals surface area contributed by atoms with Crippen molar-refractivity contribution in [3.63, 3.8) is 0 Å². The minimum absolute atomic E-state index is 0.898. The highest BCUT2D eigenvalue weighted by atomic mass is 32.2. The van der Waals surface area contributed by atoms with Gasteiger partial charge in [-0.05, 0) is 42.0 Å². The minimum atomic E-state index is 0.898. The van der Waals surface area contributed by atoms with E-state index in [-0.39, 0.29) is 0 Å². The summed E-state index contributed by atoms with van der Waals surface area (Å²) >= 11 is 1.85. The fourth-order valence-electron chi connectivity index (χ4n) is 2.84. The first-order chi connectivity index (χ1) is 10.3. The molecule has 1 aliphatic rings. The zero-order valence-corrected chi connectivity index (χ0v) is 12.7. The van der Waals surface area contributed by atoms with Crippen LogP contribution < -0.4 is 9.47 Å². The van der Waals surface area contributed by atoms with Crippen LogP contribution in [0.4, 0.5) is 0 Å². The largest absolute Gasteiger partial charge is 0.497 e. The van der Waals surface area contributed by atoms with E-state index in [1.807, 2.05) is 23.9 Å². The van der Waals surface area contributed by atoms with Crippen LogP contribution in [0.2, 0.25) is 0 Å². The third kappa shape index (κ3) is 1.90. The van der Waals surface area contributed by atoms with Gasteiger partial charge in [-0.25, -0.2) is 0 Å². The molecule has 0 aliphatic carbocycles. The van der Waals surface area contributed by atoms with Crippen LogP contribution in [0, 0.1) is 0 Å². The molecule has 3 nitrogen and oxygen atoms in total. The van der Waals surface area contributed by atoms with Gasteiger partial charge in [0, 0.05) is 27.1 Å². The standard InChI is InChI=1S/C17H15NO2S/c1-19-10-4-6-15-13(7-10)14-9-21-16-8-11(20-2)3-5-12(16)17(14)18-15/h3-8,18H,9H2,1-2H3. The minimum Gasteiger partial charge on any atom is -0.497 e. The molecule has 106 valence electrons. The number of ether oxygens (including phenoxy) is 2. The molecule has 4 heteroatoms. The van der Waals surface area contributed by atoms with Crippen molar-refractivity contribution in [1.82, 2.24) is 4.98 Å². The van der Waals surface area contributed by atoms with Crippen molar-refractivity contribution in [2.24, 2.45) is 0 Å². The summed E-state index contributed by atoms with van der Waals surface area (Å²) < 4.78 is 10.7. The zero-order valence-electron chi connectivity index (χ0n) is 11.9. The van der Waals surface area contributed by atoms with E-state index in [1.54, 1.807) is 14.2 Å². The molecule has 0 amide bonds. The molecule has 1 N–H and O–H groups in total. The van der Waals surface area contributed by atoms with E-state index >= 15 is 0 Å². The van der Waals surface area contributed by atoms with Crippen molar-refractivity contribution >= 4 is 22.7 Å². The van der Waals surface area contributed by atoms with Gasteiger partial charge in [0.1, 0.15) is 11.5 Å². The molecular formula is C17H15NO2S. The second kappa shape index (κ2) is 4.74. The molecule has 0 radical (unpaired) electrons. The fraction of sp³-hybridized carbons (Fsp3) is 0.176. The Labute approximate surface area is 127 Å². The van der Waals surface area contributed by atoms with Gasteiger partial charge in [-0.1, -0.05) is 0 Å². The van der Waals surface area contributed by atoms with Crippen molar-refractivity contribution in [2.45, 2.75) is 10.6 Å². The number of hydrogen-bond acceptors (Lipinski definition) is 3. The van der Waals surface area contributed by atoms with Crippen LogP contribution in [-0.2, 0) is 5.75 Å². The summed E-state index contributed by atoms with van der Waals surface area (Å²) in [4.78, 5) is 4.82. The Morgan fingerprint density at radius 3 is 2.57 bits per heavy atom. The van der Waals surface area contributed by atoms with Gasteiger partial charge in [-0.3, -0.25) is 0 Å². The molecule has 1 aliphatic heterocycles. The number of rotatable bonds is 2. The van der Waals surface area contributed by atoms with E-state index < -0.39 is 0 Å². The SMILES string of the molecule is COc1ccc2c(c1)SCc1c-2[nH]c2ccc(OC)cc12. The molecule has 2 heterocycles. The average Bonchev–Trinajstić information content (AvgIpc) is 2.92. The lowest BCUT2D eigenvalue weighted by molar-refractivity contribution is 0.414. The van der Waals surface area contributed by atoms with Crippen molar-refractivity contribution in [2.75, 3.05) is 14.2 Å². The molecule has 3 aromatic rings. The molecule has 1 aromatic heterocycles. The van der Waals surface area contributed by atoms with Crippen molar-refractivity contribution in [1.29, 1.82) is 0 Å². The predicted octanol–water partition coefficient (Wildman–Crippen LogP) is 4.46. The smallest absolute Gasteiger partial charge is 0.120 e. The van der Waals surface area contributed by atoms with Crippen LogP contribution in [-0.4, -0.2) is 19.2 Å². The number of aromatic nitrogens is 1. The van der Waals surface area contributed by atoms with Gasteiger partial charge in [0.15, 0.2) is 0 Å². The number of nitrogens with one attached hydrogen (secondary N) is 1. The van der Waals surface area contributed by atoms with Crippen molar-refractivity contribution in [3.8, 4) is 22.8 Å². The Bertz CT molecular complexity index is 838. The summed E-state index contributed by atoms with van der Waals surface area (Å²) in [6.07, 6.45) is 0. The molecule has 0 atom stereocenters. The maximum absolute atomic E-state index is 5.35. The van der Waals surface area contributed by atoms with E-state index in [0.29, 0.717) is 0 Å². The van der Waals surface area contributed by atoms with Crippen LogP contribution in [0.3, 0.4) is 0 Å². The van der Waals surface area contributed by atoms with Gasteiger partial charge in [0.2, 0.25) is 0 Å². The predicted molar refractivity (Wildman–Crippen MR) is 86.4 cm³/mol. The third-order valence-electron chi connectivity index (χ3n) is 3.94. The number of benzene rings is 2. The first-order valence-corrected chi connectivity index (χ1v) is 7.78. The quantitative estimate of drug-likeness (QED) is 0.758. The molecule has 0 bridgehead atoms. The Hall–Kier alpha value is -2.07. The van der Waals surface area contributed by atoms with E-state index in [4.69, 9.17) is 9.47 Å². The van der Waals surface area contributed by atoms with E-state index in [0.717, 1.165) is 22.8 Å². The van der Waals surface area contributed by atoms with Crippen LogP contribution in [0.1, 0.15) is 5.56 Å². The zero-order chi connectivity index (χ0) is 14.4. The number of fused-ring (bicyclic) bond motifs is 5. The molecule has 0 unspecified atom stereocenters. The number of methoxy groups -OCH3 is 2. The lowest BCUT2D eigenvalue weighted by atomic mass is 10.1. The van der Waals surface area contributed by atoms with Crippen molar-refractivity contribution < 1.29 is 9.47 Å². The van der Waals surface area contributed by atoms with Gasteiger partial charge in [0.05, 0.1) is 19.9 Å². The molecule has 4 rings (SSSR count). The molecule has 0 saturated heterocycles. The van der Waals surface area contributed by atoms with Crippen LogP contribution >= 0.6 is 11.8 Å². The second-order valence-electron chi connectivity index (χ2n) is 5.04. The molecular weight excluding hydrogens is 282 g/mol. The highest BCUT2D eigenvalue weighted by Crippen LogP contribution is 2.45. The Kier molecular flexibility index (Phi) is 2.86. The van der Waals surface area contributed by atoms with E-state index in [1.165, 1.54) is 27.1 Å². The number of H-pyrrole nitrogens is 1. The van der Waals surface area contributed by atoms with Crippen LogP contribution in [0.15, 0.2) is 41.3 Å². The van der Waals surface area contributed by atoms with Crippen molar-refractivity contribution in [3.05, 3.63) is 42.0 Å². The van der Waals surface area contributed by atoms with Gasteiger partial charge in [0.25, 0.3) is 0 Å². The molecule has 0 saturated carbocycles. The maximum Gasteiger partial charge on any atom is 0.120 e. The topological polar surface area (TPSA) is 34.2 Å². The molecule has 21 heavy (non-hydrogen) atoms. The average molecular weight is 297 g/mol. The van der Waals surface area contributed by atoms with Gasteiger partial charge >= 0.3 is 0 Å². The summed E-state index contributed by atoms with van der Waals surface area (Å²) in [7, 11) is 3.41. The normalized spacial score (nSPS) is 12.9. The summed E-state index contributed by atoms with van der Waals surface area (Å²) in [6.45, 7) is 0.